The minimum absolute atomic E-state index is 0.189. The molecule has 88 valence electrons. The Bertz CT molecular complexity index is 208. The van der Waals surface area contributed by atoms with E-state index < -0.39 is 11.9 Å². The average molecular weight is 252 g/mol. The predicted molar refractivity (Wildman–Crippen MR) is 63.8 cm³/mol. The molecule has 1 atom stereocenters. The van der Waals surface area contributed by atoms with Gasteiger partial charge in [0.25, 0.3) is 0 Å². The molecule has 4 nitrogen and oxygen atoms in total. The van der Waals surface area contributed by atoms with Gasteiger partial charge in [-0.25, -0.2) is 0 Å². The fraction of sp³-hybridized carbons (Fsp3) is 0.778. The molecule has 0 aliphatic heterocycles. The number of hydrogen-bond donors (Lipinski definition) is 2. The molecular formula is C9H16O4S2. The molecule has 0 rings (SSSR count). The molecule has 0 aliphatic carbocycles. The van der Waals surface area contributed by atoms with Crippen LogP contribution in [0.5, 0.6) is 0 Å². The lowest BCUT2D eigenvalue weighted by Gasteiger charge is -2.09. The van der Waals surface area contributed by atoms with E-state index in [1.165, 1.54) is 0 Å². The SMILES string of the molecule is C[C@H](CSCCC(=O)O)SCCC(=O)O. The third-order valence-corrected chi connectivity index (χ3v) is 4.15. The molecule has 2 N–H and O–H groups in total. The highest BCUT2D eigenvalue weighted by Crippen LogP contribution is 2.17. The fourth-order valence-corrected chi connectivity index (χ4v) is 2.99. The number of carboxylic acids is 2. The molecule has 0 aromatic rings. The van der Waals surface area contributed by atoms with Crippen molar-refractivity contribution in [2.45, 2.75) is 25.0 Å². The van der Waals surface area contributed by atoms with Crippen LogP contribution in [-0.2, 0) is 9.59 Å². The Balaban J connectivity index is 3.29. The molecule has 15 heavy (non-hydrogen) atoms. The third kappa shape index (κ3) is 11.6. The number of thioether (sulfide) groups is 2. The third-order valence-electron chi connectivity index (χ3n) is 1.53. The maximum Gasteiger partial charge on any atom is 0.304 e. The first-order chi connectivity index (χ1) is 7.02. The van der Waals surface area contributed by atoms with Crippen molar-refractivity contribution in [1.29, 1.82) is 0 Å². The molecule has 0 aliphatic rings. The Morgan fingerprint density at radius 1 is 1.13 bits per heavy atom. The first-order valence-corrected chi connectivity index (χ1v) is 6.85. The summed E-state index contributed by atoms with van der Waals surface area (Å²) in [6.45, 7) is 2.03. The number of carboxylic acid groups (broad SMARTS) is 2. The second-order valence-corrected chi connectivity index (χ2v) is 5.74. The number of carbonyl (C=O) groups is 2. The monoisotopic (exact) mass is 252 g/mol. The Labute approximate surface area is 97.8 Å². The zero-order valence-electron chi connectivity index (χ0n) is 8.64. The van der Waals surface area contributed by atoms with Crippen molar-refractivity contribution < 1.29 is 19.8 Å². The number of aliphatic carboxylic acids is 2. The van der Waals surface area contributed by atoms with E-state index in [2.05, 4.69) is 0 Å². The van der Waals surface area contributed by atoms with Gasteiger partial charge < -0.3 is 10.2 Å². The Kier molecular flexibility index (Phi) is 8.70. The van der Waals surface area contributed by atoms with Gasteiger partial charge >= 0.3 is 11.9 Å². The highest BCUT2D eigenvalue weighted by atomic mass is 32.2. The van der Waals surface area contributed by atoms with Gasteiger partial charge in [-0.2, -0.15) is 23.5 Å². The zero-order valence-corrected chi connectivity index (χ0v) is 10.3. The average Bonchev–Trinajstić information content (AvgIpc) is 2.11. The first-order valence-electron chi connectivity index (χ1n) is 4.65. The lowest BCUT2D eigenvalue weighted by atomic mass is 10.5. The molecule has 6 heteroatoms. The molecule has 0 radical (unpaired) electrons. The molecule has 0 bridgehead atoms. The van der Waals surface area contributed by atoms with E-state index in [9.17, 15) is 9.59 Å². The maximum absolute atomic E-state index is 10.2. The van der Waals surface area contributed by atoms with Gasteiger partial charge in [0.15, 0.2) is 0 Å². The second kappa shape index (κ2) is 8.91. The van der Waals surface area contributed by atoms with Crippen molar-refractivity contribution in [1.82, 2.24) is 0 Å². The van der Waals surface area contributed by atoms with Gasteiger partial charge in [-0.3, -0.25) is 9.59 Å². The summed E-state index contributed by atoms with van der Waals surface area (Å²) >= 11 is 3.21. The number of hydrogen-bond acceptors (Lipinski definition) is 4. The van der Waals surface area contributed by atoms with Gasteiger partial charge in [-0.05, 0) is 0 Å². The van der Waals surface area contributed by atoms with Crippen molar-refractivity contribution in [3.63, 3.8) is 0 Å². The van der Waals surface area contributed by atoms with Gasteiger partial charge in [0.2, 0.25) is 0 Å². The molecule has 0 aromatic carbocycles. The van der Waals surface area contributed by atoms with Gasteiger partial charge in [-0.1, -0.05) is 6.92 Å². The molecular weight excluding hydrogens is 236 g/mol. The van der Waals surface area contributed by atoms with Crippen LogP contribution in [0.4, 0.5) is 0 Å². The van der Waals surface area contributed by atoms with E-state index in [1.807, 2.05) is 6.92 Å². The van der Waals surface area contributed by atoms with E-state index in [1.54, 1.807) is 23.5 Å². The standard InChI is InChI=1S/C9H16O4S2/c1-7(15-5-3-9(12)13)6-14-4-2-8(10)11/h7H,2-6H2,1H3,(H,10,11)(H,12,13)/t7-/m1/s1. The minimum Gasteiger partial charge on any atom is -0.481 e. The van der Waals surface area contributed by atoms with Gasteiger partial charge in [0, 0.05) is 22.5 Å². The van der Waals surface area contributed by atoms with Crippen molar-refractivity contribution >= 4 is 35.5 Å². The molecule has 0 saturated carbocycles. The van der Waals surface area contributed by atoms with Gasteiger partial charge in [-0.15, -0.1) is 0 Å². The highest BCUT2D eigenvalue weighted by Gasteiger charge is 2.05. The Hall–Kier alpha value is -0.360. The minimum atomic E-state index is -0.770. The highest BCUT2D eigenvalue weighted by molar-refractivity contribution is 8.03. The van der Waals surface area contributed by atoms with Crippen LogP contribution in [0, 0.1) is 0 Å². The summed E-state index contributed by atoms with van der Waals surface area (Å²) in [5, 5.41) is 17.2. The van der Waals surface area contributed by atoms with Crippen molar-refractivity contribution in [3.8, 4) is 0 Å². The van der Waals surface area contributed by atoms with Crippen LogP contribution in [0.25, 0.3) is 0 Å². The predicted octanol–water partition coefficient (Wildman–Crippen LogP) is 1.79. The number of rotatable bonds is 9. The topological polar surface area (TPSA) is 74.6 Å². The van der Waals surface area contributed by atoms with Crippen LogP contribution in [0.1, 0.15) is 19.8 Å². The summed E-state index contributed by atoms with van der Waals surface area (Å²) in [6.07, 6.45) is 0.381. The lowest BCUT2D eigenvalue weighted by molar-refractivity contribution is -0.137. The molecule has 0 saturated heterocycles. The summed E-state index contributed by atoms with van der Waals surface area (Å²) in [7, 11) is 0. The van der Waals surface area contributed by atoms with Crippen molar-refractivity contribution in [2.75, 3.05) is 17.3 Å². The van der Waals surface area contributed by atoms with Crippen molar-refractivity contribution in [2.24, 2.45) is 0 Å². The van der Waals surface area contributed by atoms with Crippen LogP contribution >= 0.6 is 23.5 Å². The van der Waals surface area contributed by atoms with E-state index >= 15 is 0 Å². The van der Waals surface area contributed by atoms with Gasteiger partial charge in [0.05, 0.1) is 12.8 Å². The van der Waals surface area contributed by atoms with Crippen LogP contribution in [0.2, 0.25) is 0 Å². The first kappa shape index (κ1) is 14.6. The van der Waals surface area contributed by atoms with E-state index in [-0.39, 0.29) is 12.8 Å². The molecule has 0 unspecified atom stereocenters. The molecule has 0 heterocycles. The van der Waals surface area contributed by atoms with Crippen LogP contribution in [0.3, 0.4) is 0 Å². The second-order valence-electron chi connectivity index (χ2n) is 3.04. The Morgan fingerprint density at radius 3 is 2.20 bits per heavy atom. The normalized spacial score (nSPS) is 12.3. The van der Waals surface area contributed by atoms with E-state index in [4.69, 9.17) is 10.2 Å². The summed E-state index contributed by atoms with van der Waals surface area (Å²) in [5.74, 6) is 0.578. The van der Waals surface area contributed by atoms with Crippen LogP contribution in [0.15, 0.2) is 0 Å². The Morgan fingerprint density at radius 2 is 1.67 bits per heavy atom. The van der Waals surface area contributed by atoms with Crippen LogP contribution in [-0.4, -0.2) is 44.7 Å². The molecule has 0 fully saturated rings. The van der Waals surface area contributed by atoms with Gasteiger partial charge in [0.1, 0.15) is 0 Å². The molecule has 0 aromatic heterocycles. The maximum atomic E-state index is 10.2. The van der Waals surface area contributed by atoms with Crippen molar-refractivity contribution in [3.05, 3.63) is 0 Å². The fourth-order valence-electron chi connectivity index (χ4n) is 0.804. The van der Waals surface area contributed by atoms with E-state index in [0.29, 0.717) is 16.8 Å². The molecule has 0 amide bonds. The quantitative estimate of drug-likeness (QED) is 0.609. The summed E-state index contributed by atoms with van der Waals surface area (Å²) in [6, 6.07) is 0. The summed E-state index contributed by atoms with van der Waals surface area (Å²) in [4.78, 5) is 20.4. The molecule has 0 spiro atoms. The summed E-state index contributed by atoms with van der Waals surface area (Å²) < 4.78 is 0. The smallest absolute Gasteiger partial charge is 0.304 e. The lowest BCUT2D eigenvalue weighted by Crippen LogP contribution is -2.05. The van der Waals surface area contributed by atoms with Crippen LogP contribution < -0.4 is 0 Å². The van der Waals surface area contributed by atoms with E-state index in [0.717, 1.165) is 5.75 Å². The zero-order chi connectivity index (χ0) is 11.7. The largest absolute Gasteiger partial charge is 0.481 e. The summed E-state index contributed by atoms with van der Waals surface area (Å²) in [5.41, 5.74) is 0.